The van der Waals surface area contributed by atoms with Gasteiger partial charge in [0.2, 0.25) is 0 Å². The highest BCUT2D eigenvalue weighted by molar-refractivity contribution is 5.05. The molecule has 1 unspecified atom stereocenters. The average molecular weight is 220 g/mol. The van der Waals surface area contributed by atoms with Crippen LogP contribution in [-0.2, 0) is 0 Å². The lowest BCUT2D eigenvalue weighted by molar-refractivity contribution is -0.127. The summed E-state index contributed by atoms with van der Waals surface area (Å²) in [4.78, 5) is 0. The van der Waals surface area contributed by atoms with Crippen molar-refractivity contribution in [3.8, 4) is 0 Å². The zero-order valence-electron chi connectivity index (χ0n) is 11.3. The number of hydrogen-bond donors (Lipinski definition) is 0. The van der Waals surface area contributed by atoms with Gasteiger partial charge in [-0.05, 0) is 67.1 Å². The lowest BCUT2D eigenvalue weighted by atomic mass is 9.43. The molecule has 0 N–H and O–H groups in total. The van der Waals surface area contributed by atoms with Gasteiger partial charge in [0.1, 0.15) is 0 Å². The Balaban J connectivity index is 1.84. The van der Waals surface area contributed by atoms with Crippen LogP contribution in [0, 0.1) is 35.0 Å². The second kappa shape index (κ2) is 3.75. The Morgan fingerprint density at radius 1 is 1.00 bits per heavy atom. The maximum atomic E-state index is 2.65. The van der Waals surface area contributed by atoms with Gasteiger partial charge in [0, 0.05) is 0 Å². The van der Waals surface area contributed by atoms with Gasteiger partial charge >= 0.3 is 0 Å². The van der Waals surface area contributed by atoms with Gasteiger partial charge in [0.15, 0.2) is 0 Å². The van der Waals surface area contributed by atoms with Crippen LogP contribution in [0.15, 0.2) is 0 Å². The first-order valence-corrected chi connectivity index (χ1v) is 7.64. The van der Waals surface area contributed by atoms with Crippen LogP contribution in [0.2, 0.25) is 0 Å². The fraction of sp³-hybridized carbons (Fsp3) is 1.00. The molecule has 16 heavy (non-hydrogen) atoms. The third kappa shape index (κ3) is 1.41. The summed E-state index contributed by atoms with van der Waals surface area (Å²) in [6, 6.07) is 0. The van der Waals surface area contributed by atoms with Crippen molar-refractivity contribution in [3.63, 3.8) is 0 Å². The van der Waals surface area contributed by atoms with Crippen molar-refractivity contribution in [2.75, 3.05) is 0 Å². The van der Waals surface area contributed by atoms with Crippen molar-refractivity contribution in [2.45, 2.75) is 65.7 Å². The summed E-state index contributed by atoms with van der Waals surface area (Å²) < 4.78 is 0. The standard InChI is InChI=1S/C16H28/c1-4-5-11(2)16(3)14-7-12-6-13(9-14)10-15(16)8-12/h11-15H,4-10H2,1-3H3. The van der Waals surface area contributed by atoms with Gasteiger partial charge in [0.05, 0.1) is 0 Å². The highest BCUT2D eigenvalue weighted by Crippen LogP contribution is 2.64. The van der Waals surface area contributed by atoms with Crippen molar-refractivity contribution < 1.29 is 0 Å². The van der Waals surface area contributed by atoms with Gasteiger partial charge < -0.3 is 0 Å². The van der Waals surface area contributed by atoms with Gasteiger partial charge in [-0.2, -0.15) is 0 Å². The molecule has 0 aliphatic heterocycles. The van der Waals surface area contributed by atoms with Crippen molar-refractivity contribution in [2.24, 2.45) is 35.0 Å². The first-order chi connectivity index (χ1) is 7.64. The van der Waals surface area contributed by atoms with Gasteiger partial charge in [-0.1, -0.05) is 33.6 Å². The van der Waals surface area contributed by atoms with Crippen LogP contribution >= 0.6 is 0 Å². The molecule has 0 saturated heterocycles. The number of rotatable bonds is 3. The Bertz CT molecular complexity index is 237. The molecule has 92 valence electrons. The van der Waals surface area contributed by atoms with E-state index in [1.807, 2.05) is 0 Å². The molecule has 0 heteroatoms. The minimum Gasteiger partial charge on any atom is -0.0654 e. The Morgan fingerprint density at radius 2 is 1.50 bits per heavy atom. The molecule has 0 aromatic carbocycles. The molecule has 4 saturated carbocycles. The van der Waals surface area contributed by atoms with Crippen LogP contribution in [0.5, 0.6) is 0 Å². The minimum absolute atomic E-state index is 0.712. The molecule has 1 atom stereocenters. The second-order valence-electron chi connectivity index (χ2n) is 7.36. The Kier molecular flexibility index (Phi) is 2.60. The molecular formula is C16H28. The van der Waals surface area contributed by atoms with E-state index in [1.54, 1.807) is 32.1 Å². The van der Waals surface area contributed by atoms with Crippen LogP contribution in [-0.4, -0.2) is 0 Å². The molecule has 4 rings (SSSR count). The molecular weight excluding hydrogens is 192 g/mol. The third-order valence-corrected chi connectivity index (χ3v) is 6.68. The predicted molar refractivity (Wildman–Crippen MR) is 69.2 cm³/mol. The van der Waals surface area contributed by atoms with E-state index in [4.69, 9.17) is 0 Å². The quantitative estimate of drug-likeness (QED) is 0.635. The summed E-state index contributed by atoms with van der Waals surface area (Å²) in [6.07, 6.45) is 10.7. The Morgan fingerprint density at radius 3 is 1.94 bits per heavy atom. The maximum Gasteiger partial charge on any atom is -0.0243 e. The van der Waals surface area contributed by atoms with E-state index in [0.717, 1.165) is 29.6 Å². The van der Waals surface area contributed by atoms with Crippen molar-refractivity contribution >= 4 is 0 Å². The van der Waals surface area contributed by atoms with E-state index in [0.29, 0.717) is 5.41 Å². The fourth-order valence-electron chi connectivity index (χ4n) is 5.75. The Hall–Kier alpha value is 0. The van der Waals surface area contributed by atoms with Gasteiger partial charge in [-0.3, -0.25) is 0 Å². The second-order valence-corrected chi connectivity index (χ2v) is 7.36. The van der Waals surface area contributed by atoms with E-state index in [9.17, 15) is 0 Å². The smallest absolute Gasteiger partial charge is 0.0243 e. The maximum absolute atomic E-state index is 2.65. The highest BCUT2D eigenvalue weighted by atomic mass is 14.6. The lowest BCUT2D eigenvalue weighted by Crippen LogP contribution is -2.54. The molecule has 0 nitrogen and oxygen atoms in total. The molecule has 0 spiro atoms. The van der Waals surface area contributed by atoms with Gasteiger partial charge in [-0.25, -0.2) is 0 Å². The summed E-state index contributed by atoms with van der Waals surface area (Å²) in [5, 5.41) is 0. The molecule has 4 aliphatic rings. The van der Waals surface area contributed by atoms with Crippen LogP contribution in [0.1, 0.15) is 65.7 Å². The largest absolute Gasteiger partial charge is 0.0654 e. The molecule has 0 heterocycles. The molecule has 0 aromatic rings. The van der Waals surface area contributed by atoms with E-state index in [2.05, 4.69) is 20.8 Å². The molecule has 0 radical (unpaired) electrons. The third-order valence-electron chi connectivity index (χ3n) is 6.68. The molecule has 0 aromatic heterocycles. The number of hydrogen-bond acceptors (Lipinski definition) is 0. The van der Waals surface area contributed by atoms with E-state index in [1.165, 1.54) is 12.8 Å². The molecule has 4 aliphatic carbocycles. The van der Waals surface area contributed by atoms with E-state index < -0.39 is 0 Å². The zero-order valence-corrected chi connectivity index (χ0v) is 11.3. The summed E-state index contributed by atoms with van der Waals surface area (Å²) >= 11 is 0. The van der Waals surface area contributed by atoms with Gasteiger partial charge in [-0.15, -0.1) is 0 Å². The van der Waals surface area contributed by atoms with Crippen LogP contribution in [0.3, 0.4) is 0 Å². The summed E-state index contributed by atoms with van der Waals surface area (Å²) in [6.45, 7) is 7.56. The van der Waals surface area contributed by atoms with Crippen LogP contribution in [0.4, 0.5) is 0 Å². The van der Waals surface area contributed by atoms with Crippen molar-refractivity contribution in [3.05, 3.63) is 0 Å². The predicted octanol–water partition coefficient (Wildman–Crippen LogP) is 4.89. The van der Waals surface area contributed by atoms with Crippen LogP contribution < -0.4 is 0 Å². The first kappa shape index (κ1) is 11.1. The Labute approximate surface area is 101 Å². The molecule has 4 bridgehead atoms. The first-order valence-electron chi connectivity index (χ1n) is 7.64. The fourth-order valence-corrected chi connectivity index (χ4v) is 5.75. The van der Waals surface area contributed by atoms with Crippen molar-refractivity contribution in [1.82, 2.24) is 0 Å². The zero-order chi connectivity index (χ0) is 11.3. The van der Waals surface area contributed by atoms with E-state index >= 15 is 0 Å². The van der Waals surface area contributed by atoms with Crippen molar-refractivity contribution in [1.29, 1.82) is 0 Å². The van der Waals surface area contributed by atoms with E-state index in [-0.39, 0.29) is 0 Å². The normalized spacial score (nSPS) is 51.9. The van der Waals surface area contributed by atoms with Crippen LogP contribution in [0.25, 0.3) is 0 Å². The monoisotopic (exact) mass is 220 g/mol. The average Bonchev–Trinajstić information content (AvgIpc) is 2.24. The molecule has 4 fully saturated rings. The minimum atomic E-state index is 0.712. The summed E-state index contributed by atoms with van der Waals surface area (Å²) in [7, 11) is 0. The van der Waals surface area contributed by atoms with Gasteiger partial charge in [0.25, 0.3) is 0 Å². The highest BCUT2D eigenvalue weighted by Gasteiger charge is 2.56. The molecule has 0 amide bonds. The lowest BCUT2D eigenvalue weighted by Gasteiger charge is -2.62. The topological polar surface area (TPSA) is 0 Å². The summed E-state index contributed by atoms with van der Waals surface area (Å²) in [5.74, 6) is 5.40. The summed E-state index contributed by atoms with van der Waals surface area (Å²) in [5.41, 5.74) is 0.712. The SMILES string of the molecule is CCCC(C)C1(C)C2CC3CC(C2)CC1C3.